The topological polar surface area (TPSA) is 35.5 Å². The zero-order valence-electron chi connectivity index (χ0n) is 11.2. The summed E-state index contributed by atoms with van der Waals surface area (Å²) in [7, 11) is -3.18. The van der Waals surface area contributed by atoms with E-state index in [1.807, 2.05) is 49.4 Å². The average Bonchev–Trinajstić information content (AvgIpc) is 2.42. The quantitative estimate of drug-likeness (QED) is 0.498. The fourth-order valence-corrected chi connectivity index (χ4v) is 3.83. The van der Waals surface area contributed by atoms with Crippen molar-refractivity contribution in [3.05, 3.63) is 63.7 Å². The third-order valence-electron chi connectivity index (χ3n) is 2.60. The van der Waals surface area contributed by atoms with E-state index in [2.05, 4.69) is 22.6 Å². The van der Waals surface area contributed by atoms with Crippen LogP contribution >= 0.6 is 30.2 Å². The molecule has 0 radical (unpaired) electrons. The zero-order chi connectivity index (χ0) is 14.4. The van der Waals surface area contributed by atoms with Gasteiger partial charge in [-0.3, -0.25) is 4.52 Å². The van der Waals surface area contributed by atoms with Crippen LogP contribution in [0.3, 0.4) is 0 Å². The Kier molecular flexibility index (Phi) is 5.64. The first-order chi connectivity index (χ1) is 9.61. The highest BCUT2D eigenvalue weighted by Crippen LogP contribution is 2.51. The molecular formula is C15H16IO3P. The van der Waals surface area contributed by atoms with Gasteiger partial charge in [-0.05, 0) is 59.3 Å². The maximum Gasteiger partial charge on any atom is 0.383 e. The summed E-state index contributed by atoms with van der Waals surface area (Å²) in [6, 6.07) is 17.0. The molecule has 2 rings (SSSR count). The molecule has 0 aromatic heterocycles. The summed E-state index contributed by atoms with van der Waals surface area (Å²) in [6.45, 7) is 2.17. The summed E-state index contributed by atoms with van der Waals surface area (Å²) in [5.74, 6) is 0.568. The predicted molar refractivity (Wildman–Crippen MR) is 89.2 cm³/mol. The Morgan fingerprint density at radius 2 is 1.70 bits per heavy atom. The van der Waals surface area contributed by atoms with Crippen LogP contribution in [0.5, 0.6) is 5.75 Å². The van der Waals surface area contributed by atoms with E-state index in [1.54, 1.807) is 12.1 Å². The van der Waals surface area contributed by atoms with Gasteiger partial charge in [0.25, 0.3) is 0 Å². The molecule has 106 valence electrons. The number of hydrogen-bond acceptors (Lipinski definition) is 3. The van der Waals surface area contributed by atoms with Crippen molar-refractivity contribution in [3.8, 4) is 5.75 Å². The molecule has 0 N–H and O–H groups in total. The van der Waals surface area contributed by atoms with E-state index in [0.29, 0.717) is 12.4 Å². The minimum absolute atomic E-state index is 0.271. The van der Waals surface area contributed by atoms with Crippen molar-refractivity contribution in [2.45, 2.75) is 13.1 Å². The van der Waals surface area contributed by atoms with Crippen molar-refractivity contribution in [1.29, 1.82) is 0 Å². The molecule has 0 heterocycles. The van der Waals surface area contributed by atoms with E-state index in [1.165, 1.54) is 0 Å². The van der Waals surface area contributed by atoms with Crippen molar-refractivity contribution in [2.24, 2.45) is 0 Å². The highest BCUT2D eigenvalue weighted by molar-refractivity contribution is 14.1. The molecule has 1 atom stereocenters. The smallest absolute Gasteiger partial charge is 0.383 e. The van der Waals surface area contributed by atoms with Crippen molar-refractivity contribution in [1.82, 2.24) is 0 Å². The second-order valence-corrected chi connectivity index (χ2v) is 7.44. The van der Waals surface area contributed by atoms with Crippen molar-refractivity contribution >= 4 is 30.2 Å². The standard InChI is InChI=1S/C15H16IO3P/c1-2-18-20(17,12-13-6-4-3-5-7-13)19-15-10-8-14(16)9-11-15/h3-11H,2,12H2,1H3. The maximum absolute atomic E-state index is 12.8. The molecule has 0 aliphatic carbocycles. The molecule has 0 amide bonds. The van der Waals surface area contributed by atoms with Gasteiger partial charge in [0, 0.05) is 3.57 Å². The molecule has 1 unspecified atom stereocenters. The van der Waals surface area contributed by atoms with E-state index in [9.17, 15) is 4.57 Å². The molecule has 2 aromatic carbocycles. The van der Waals surface area contributed by atoms with Crippen LogP contribution in [-0.4, -0.2) is 6.61 Å². The minimum Gasteiger partial charge on any atom is -0.424 e. The van der Waals surface area contributed by atoms with Gasteiger partial charge in [0.05, 0.1) is 12.8 Å². The Bertz CT molecular complexity index is 584. The van der Waals surface area contributed by atoms with Crippen LogP contribution in [0.15, 0.2) is 54.6 Å². The lowest BCUT2D eigenvalue weighted by atomic mass is 10.2. The lowest BCUT2D eigenvalue weighted by Crippen LogP contribution is -2.01. The molecule has 0 spiro atoms. The number of rotatable bonds is 6. The highest BCUT2D eigenvalue weighted by Gasteiger charge is 2.26. The van der Waals surface area contributed by atoms with Crippen molar-refractivity contribution in [3.63, 3.8) is 0 Å². The van der Waals surface area contributed by atoms with Crippen LogP contribution in [0.4, 0.5) is 0 Å². The van der Waals surface area contributed by atoms with Crippen LogP contribution < -0.4 is 4.52 Å². The van der Waals surface area contributed by atoms with Gasteiger partial charge in [-0.25, -0.2) is 4.57 Å². The first kappa shape index (κ1) is 15.5. The predicted octanol–water partition coefficient (Wildman–Crippen LogP) is 5.10. The normalized spacial score (nSPS) is 13.7. The summed E-state index contributed by atoms with van der Waals surface area (Å²) in [5, 5.41) is 0. The monoisotopic (exact) mass is 402 g/mol. The Morgan fingerprint density at radius 3 is 2.30 bits per heavy atom. The average molecular weight is 402 g/mol. The molecular weight excluding hydrogens is 386 g/mol. The van der Waals surface area contributed by atoms with Crippen LogP contribution in [0.1, 0.15) is 12.5 Å². The Morgan fingerprint density at radius 1 is 1.05 bits per heavy atom. The summed E-state index contributed by atoms with van der Waals surface area (Å²) in [6.07, 6.45) is 0.271. The van der Waals surface area contributed by atoms with Gasteiger partial charge in [-0.15, -0.1) is 0 Å². The van der Waals surface area contributed by atoms with Gasteiger partial charge in [0.1, 0.15) is 5.75 Å². The van der Waals surface area contributed by atoms with Gasteiger partial charge in [-0.2, -0.15) is 0 Å². The molecule has 0 saturated heterocycles. The largest absolute Gasteiger partial charge is 0.424 e. The number of benzene rings is 2. The number of hydrogen-bond donors (Lipinski definition) is 0. The van der Waals surface area contributed by atoms with E-state index in [4.69, 9.17) is 9.05 Å². The SMILES string of the molecule is CCOP(=O)(Cc1ccccc1)Oc1ccc(I)cc1. The van der Waals surface area contributed by atoms with E-state index >= 15 is 0 Å². The molecule has 3 nitrogen and oxygen atoms in total. The molecule has 0 aliphatic heterocycles. The summed E-state index contributed by atoms with van der Waals surface area (Å²) >= 11 is 2.21. The van der Waals surface area contributed by atoms with E-state index < -0.39 is 7.60 Å². The van der Waals surface area contributed by atoms with E-state index in [0.717, 1.165) is 9.13 Å². The Balaban J connectivity index is 2.16. The Hall–Kier alpha value is -0.840. The lowest BCUT2D eigenvalue weighted by molar-refractivity contribution is 0.278. The molecule has 0 bridgehead atoms. The van der Waals surface area contributed by atoms with Crippen molar-refractivity contribution in [2.75, 3.05) is 6.61 Å². The Labute approximate surface area is 133 Å². The van der Waals surface area contributed by atoms with Crippen LogP contribution in [0.25, 0.3) is 0 Å². The minimum atomic E-state index is -3.18. The van der Waals surface area contributed by atoms with Gasteiger partial charge in [0.2, 0.25) is 0 Å². The summed E-state index contributed by atoms with van der Waals surface area (Å²) < 4.78 is 24.9. The molecule has 0 aliphatic rings. The number of halogens is 1. The second-order valence-electron chi connectivity index (χ2n) is 4.22. The zero-order valence-corrected chi connectivity index (χ0v) is 14.2. The first-order valence-corrected chi connectivity index (χ1v) is 9.15. The molecule has 20 heavy (non-hydrogen) atoms. The highest BCUT2D eigenvalue weighted by atomic mass is 127. The fraction of sp³-hybridized carbons (Fsp3) is 0.200. The van der Waals surface area contributed by atoms with Gasteiger partial charge >= 0.3 is 7.60 Å². The first-order valence-electron chi connectivity index (χ1n) is 6.34. The molecule has 5 heteroatoms. The third kappa shape index (κ3) is 4.62. The lowest BCUT2D eigenvalue weighted by Gasteiger charge is -2.18. The van der Waals surface area contributed by atoms with Crippen LogP contribution in [0, 0.1) is 3.57 Å². The van der Waals surface area contributed by atoms with Crippen LogP contribution in [0.2, 0.25) is 0 Å². The van der Waals surface area contributed by atoms with Gasteiger partial charge < -0.3 is 4.52 Å². The summed E-state index contributed by atoms with van der Waals surface area (Å²) in [5.41, 5.74) is 0.940. The van der Waals surface area contributed by atoms with Crippen LogP contribution in [-0.2, 0) is 15.3 Å². The summed E-state index contributed by atoms with van der Waals surface area (Å²) in [4.78, 5) is 0. The third-order valence-corrected chi connectivity index (χ3v) is 5.22. The molecule has 0 saturated carbocycles. The van der Waals surface area contributed by atoms with E-state index in [-0.39, 0.29) is 6.16 Å². The molecule has 0 fully saturated rings. The van der Waals surface area contributed by atoms with Gasteiger partial charge in [0.15, 0.2) is 0 Å². The second kappa shape index (κ2) is 7.25. The maximum atomic E-state index is 12.8. The molecule has 2 aromatic rings. The van der Waals surface area contributed by atoms with Crippen molar-refractivity contribution < 1.29 is 13.6 Å². The fourth-order valence-electron chi connectivity index (χ4n) is 1.76. The van der Waals surface area contributed by atoms with Gasteiger partial charge in [-0.1, -0.05) is 30.3 Å².